The molecule has 3 aromatic rings. The summed E-state index contributed by atoms with van der Waals surface area (Å²) in [6, 6.07) is 26.7. The van der Waals surface area contributed by atoms with Crippen LogP contribution >= 0.6 is 15.9 Å². The molecule has 0 bridgehead atoms. The summed E-state index contributed by atoms with van der Waals surface area (Å²) in [6.07, 6.45) is 0.706. The van der Waals surface area contributed by atoms with E-state index < -0.39 is 11.8 Å². The molecule has 1 heterocycles. The maximum absolute atomic E-state index is 12.3. The zero-order valence-corrected chi connectivity index (χ0v) is 26.4. The lowest BCUT2D eigenvalue weighted by molar-refractivity contribution is -0.179. The largest absolute Gasteiger partial charge is 0.528 e. The van der Waals surface area contributed by atoms with Crippen LogP contribution in [0.15, 0.2) is 78.9 Å². The van der Waals surface area contributed by atoms with Gasteiger partial charge in [-0.1, -0.05) is 82.7 Å². The van der Waals surface area contributed by atoms with Gasteiger partial charge in [0.2, 0.25) is 0 Å². The van der Waals surface area contributed by atoms with Crippen LogP contribution in [-0.2, 0) is 37.6 Å². The van der Waals surface area contributed by atoms with Crippen molar-refractivity contribution < 1.29 is 28.6 Å². The van der Waals surface area contributed by atoms with Gasteiger partial charge in [0.15, 0.2) is 0 Å². The summed E-state index contributed by atoms with van der Waals surface area (Å²) in [4.78, 5) is 17.9. The third kappa shape index (κ3) is 10.4. The van der Waals surface area contributed by atoms with Crippen molar-refractivity contribution >= 4 is 22.1 Å². The number of rotatable bonds is 13. The number of piperidine rings is 1. The average Bonchev–Trinajstić information content (AvgIpc) is 2.98. The van der Waals surface area contributed by atoms with Crippen LogP contribution in [0.2, 0.25) is 0 Å². The molecule has 0 N–H and O–H groups in total. The molecule has 4 rings (SSSR count). The van der Waals surface area contributed by atoms with Crippen molar-refractivity contribution in [3.8, 4) is 5.75 Å². The second kappa shape index (κ2) is 16.1. The van der Waals surface area contributed by atoms with Crippen LogP contribution in [0.25, 0.3) is 0 Å². The zero-order valence-electron chi connectivity index (χ0n) is 24.8. The van der Waals surface area contributed by atoms with Gasteiger partial charge in [0.1, 0.15) is 11.4 Å². The Hall–Kier alpha value is -2.91. The Balaban J connectivity index is 1.32. The van der Waals surface area contributed by atoms with Crippen molar-refractivity contribution in [1.29, 1.82) is 0 Å². The molecule has 0 spiro atoms. The summed E-state index contributed by atoms with van der Waals surface area (Å²) in [5.74, 6) is 0.969. The lowest BCUT2D eigenvalue weighted by Crippen LogP contribution is -2.45. The van der Waals surface area contributed by atoms with Gasteiger partial charge >= 0.3 is 6.16 Å². The number of halogens is 1. The van der Waals surface area contributed by atoms with Crippen LogP contribution < -0.4 is 4.74 Å². The highest BCUT2D eigenvalue weighted by Gasteiger charge is 2.34. The first kappa shape index (κ1) is 32.0. The smallest absolute Gasteiger partial charge is 0.494 e. The summed E-state index contributed by atoms with van der Waals surface area (Å²) in [7, 11) is 0. The molecule has 1 aliphatic rings. The van der Waals surface area contributed by atoms with Crippen molar-refractivity contribution in [3.63, 3.8) is 0 Å². The average molecular weight is 641 g/mol. The van der Waals surface area contributed by atoms with E-state index in [1.54, 1.807) is 5.06 Å². The fraction of sp³-hybridized carbons (Fsp3) is 0.441. The quantitative estimate of drug-likeness (QED) is 0.107. The number of hydrogen-bond acceptors (Lipinski definition) is 7. The predicted molar refractivity (Wildman–Crippen MR) is 167 cm³/mol. The molecule has 8 heteroatoms. The number of hydroxylamine groups is 2. The zero-order chi connectivity index (χ0) is 29.8. The van der Waals surface area contributed by atoms with E-state index in [-0.39, 0.29) is 12.0 Å². The molecule has 1 saturated heterocycles. The number of alkyl halides is 1. The van der Waals surface area contributed by atoms with Crippen molar-refractivity contribution in [2.75, 3.05) is 26.3 Å². The van der Waals surface area contributed by atoms with E-state index in [4.69, 9.17) is 23.8 Å². The molecule has 3 aromatic carbocycles. The molecule has 1 aliphatic heterocycles. The fourth-order valence-electron chi connectivity index (χ4n) is 4.85. The number of nitrogens with zero attached hydrogens (tertiary/aromatic N) is 1. The number of ether oxygens (including phenoxy) is 4. The van der Waals surface area contributed by atoms with Gasteiger partial charge in [-0.25, -0.2) is 4.79 Å². The van der Waals surface area contributed by atoms with Crippen LogP contribution in [0.1, 0.15) is 61.8 Å². The minimum Gasteiger partial charge on any atom is -0.494 e. The second-order valence-corrected chi connectivity index (χ2v) is 12.0. The lowest BCUT2D eigenvalue weighted by Gasteiger charge is -2.37. The molecule has 0 aliphatic carbocycles. The highest BCUT2D eigenvalue weighted by atomic mass is 79.9. The van der Waals surface area contributed by atoms with Crippen molar-refractivity contribution in [2.45, 2.75) is 69.8 Å². The van der Waals surface area contributed by atoms with E-state index in [0.29, 0.717) is 39.5 Å². The molecule has 2 unspecified atom stereocenters. The molecule has 226 valence electrons. The van der Waals surface area contributed by atoms with Gasteiger partial charge in [0.05, 0.1) is 39.1 Å². The fourth-order valence-corrected chi connectivity index (χ4v) is 5.39. The third-order valence-corrected chi connectivity index (χ3v) is 7.56. The van der Waals surface area contributed by atoms with Crippen molar-refractivity contribution in [2.24, 2.45) is 0 Å². The minimum atomic E-state index is -0.698. The Morgan fingerprint density at radius 1 is 0.905 bits per heavy atom. The number of hydrogen-bond donors (Lipinski definition) is 0. The summed E-state index contributed by atoms with van der Waals surface area (Å²) in [5, 5.41) is 2.41. The maximum Gasteiger partial charge on any atom is 0.528 e. The summed E-state index contributed by atoms with van der Waals surface area (Å²) < 4.78 is 23.6. The van der Waals surface area contributed by atoms with Gasteiger partial charge in [-0.2, -0.15) is 0 Å². The first-order chi connectivity index (χ1) is 20.3. The summed E-state index contributed by atoms with van der Waals surface area (Å²) in [5.41, 5.74) is 4.05. The summed E-state index contributed by atoms with van der Waals surface area (Å²) >= 11 is 3.58. The second-order valence-electron chi connectivity index (χ2n) is 11.4. The number of carbonyl (C=O) groups excluding carboxylic acids is 1. The van der Waals surface area contributed by atoms with E-state index >= 15 is 0 Å². The molecule has 0 saturated carbocycles. The molecular formula is C34H42BrNO6. The molecule has 2 atom stereocenters. The SMILES string of the molecule is CC(C)(C)OC(=O)ON1CCC(c2ccc(OCCCOCc3ccccc3)cc2)C(OCc2ccccc2CBr)C1. The lowest BCUT2D eigenvalue weighted by atomic mass is 9.87. The Morgan fingerprint density at radius 2 is 1.62 bits per heavy atom. The Kier molecular flexibility index (Phi) is 12.3. The Bertz CT molecular complexity index is 1230. The van der Waals surface area contributed by atoms with Crippen LogP contribution in [0.3, 0.4) is 0 Å². The number of benzene rings is 3. The normalized spacial score (nSPS) is 17.5. The van der Waals surface area contributed by atoms with Gasteiger partial charge in [-0.15, -0.1) is 5.06 Å². The highest BCUT2D eigenvalue weighted by Crippen LogP contribution is 2.33. The van der Waals surface area contributed by atoms with Crippen LogP contribution in [0, 0.1) is 0 Å². The first-order valence-corrected chi connectivity index (χ1v) is 15.7. The first-order valence-electron chi connectivity index (χ1n) is 14.6. The minimum absolute atomic E-state index is 0.139. The van der Waals surface area contributed by atoms with E-state index in [1.165, 1.54) is 16.7 Å². The molecule has 0 aromatic heterocycles. The van der Waals surface area contributed by atoms with E-state index in [1.807, 2.05) is 63.2 Å². The molecule has 7 nitrogen and oxygen atoms in total. The van der Waals surface area contributed by atoms with Gasteiger partial charge in [0, 0.05) is 24.2 Å². The molecule has 42 heavy (non-hydrogen) atoms. The van der Waals surface area contributed by atoms with E-state index in [2.05, 4.69) is 52.3 Å². The van der Waals surface area contributed by atoms with E-state index in [0.717, 1.165) is 29.5 Å². The number of carbonyl (C=O) groups is 1. The molecule has 1 fully saturated rings. The standard InChI is InChI=1S/C34H42BrNO6/c1-34(2,3)41-33(37)42-36-19-18-31(32(23-36)40-25-29-13-8-7-12-28(29)22-35)27-14-16-30(17-15-27)39-21-9-20-38-24-26-10-5-4-6-11-26/h4-8,10-17,31-32H,9,18-25H2,1-3H3. The van der Waals surface area contributed by atoms with Crippen LogP contribution in [0.4, 0.5) is 4.79 Å². The van der Waals surface area contributed by atoms with Crippen LogP contribution in [0.5, 0.6) is 5.75 Å². The maximum atomic E-state index is 12.3. The molecular weight excluding hydrogens is 598 g/mol. The topological polar surface area (TPSA) is 66.5 Å². The van der Waals surface area contributed by atoms with Crippen molar-refractivity contribution in [1.82, 2.24) is 5.06 Å². The highest BCUT2D eigenvalue weighted by molar-refractivity contribution is 9.08. The summed E-state index contributed by atoms with van der Waals surface area (Å²) in [6.45, 7) is 8.81. The van der Waals surface area contributed by atoms with Gasteiger partial charge in [0.25, 0.3) is 0 Å². The Morgan fingerprint density at radius 3 is 2.33 bits per heavy atom. The van der Waals surface area contributed by atoms with E-state index in [9.17, 15) is 4.79 Å². The third-order valence-electron chi connectivity index (χ3n) is 6.95. The van der Waals surface area contributed by atoms with Crippen LogP contribution in [-0.4, -0.2) is 49.2 Å². The Labute approximate surface area is 258 Å². The van der Waals surface area contributed by atoms with Gasteiger partial charge < -0.3 is 23.8 Å². The molecule has 0 amide bonds. The molecule has 0 radical (unpaired) electrons. The van der Waals surface area contributed by atoms with Crippen molar-refractivity contribution in [3.05, 3.63) is 101 Å². The monoisotopic (exact) mass is 639 g/mol. The van der Waals surface area contributed by atoms with Gasteiger partial charge in [-0.05, 0) is 61.6 Å². The predicted octanol–water partition coefficient (Wildman–Crippen LogP) is 7.81. The van der Waals surface area contributed by atoms with Gasteiger partial charge in [-0.3, -0.25) is 0 Å².